The highest BCUT2D eigenvalue weighted by molar-refractivity contribution is 6.69. The SMILES string of the molecule is COc1ccc2c(B3OC(C)(C)C(C)(C)O3)cn([B]C=O)c2c1. The lowest BCUT2D eigenvalue weighted by atomic mass is 9.79. The number of methoxy groups -OCH3 is 1. The van der Waals surface area contributed by atoms with Crippen molar-refractivity contribution in [3.63, 3.8) is 0 Å². The zero-order chi connectivity index (χ0) is 16.8. The smallest absolute Gasteiger partial charge is 0.496 e. The summed E-state index contributed by atoms with van der Waals surface area (Å²) in [6, 6.07) is 5.75. The summed E-state index contributed by atoms with van der Waals surface area (Å²) >= 11 is 0. The van der Waals surface area contributed by atoms with E-state index in [1.54, 1.807) is 11.6 Å². The van der Waals surface area contributed by atoms with Crippen LogP contribution in [0.25, 0.3) is 10.9 Å². The van der Waals surface area contributed by atoms with E-state index in [0.717, 1.165) is 28.3 Å². The Morgan fingerprint density at radius 2 is 1.87 bits per heavy atom. The molecule has 1 aliphatic rings. The summed E-state index contributed by atoms with van der Waals surface area (Å²) in [5, 5.41) is 0.974. The third-order valence-corrected chi connectivity index (χ3v) is 4.80. The number of benzene rings is 1. The summed E-state index contributed by atoms with van der Waals surface area (Å²) in [6.45, 7) is 8.08. The number of ether oxygens (including phenoxy) is 1. The molecule has 5 nitrogen and oxygen atoms in total. The highest BCUT2D eigenvalue weighted by atomic mass is 16.7. The van der Waals surface area contributed by atoms with Gasteiger partial charge >= 0.3 is 14.5 Å². The van der Waals surface area contributed by atoms with Crippen molar-refractivity contribution in [2.45, 2.75) is 38.9 Å². The number of aromatic nitrogens is 1. The molecule has 0 atom stereocenters. The monoisotopic (exact) mass is 312 g/mol. The van der Waals surface area contributed by atoms with E-state index < -0.39 is 18.3 Å². The first-order chi connectivity index (χ1) is 10.8. The first-order valence-corrected chi connectivity index (χ1v) is 7.62. The van der Waals surface area contributed by atoms with Gasteiger partial charge in [-0.05, 0) is 51.4 Å². The lowest BCUT2D eigenvalue weighted by Gasteiger charge is -2.32. The van der Waals surface area contributed by atoms with Gasteiger partial charge in [0.05, 0.1) is 18.3 Å². The summed E-state index contributed by atoms with van der Waals surface area (Å²) in [7, 11) is 2.61. The molecule has 0 spiro atoms. The van der Waals surface area contributed by atoms with E-state index in [-0.39, 0.29) is 0 Å². The molecule has 0 N–H and O–H groups in total. The van der Waals surface area contributed by atoms with E-state index in [0.29, 0.717) is 0 Å². The second kappa shape index (κ2) is 5.42. The quantitative estimate of drug-likeness (QED) is 0.636. The molecule has 0 amide bonds. The molecule has 119 valence electrons. The third-order valence-electron chi connectivity index (χ3n) is 4.80. The zero-order valence-corrected chi connectivity index (χ0v) is 14.1. The molecular formula is C16H20B2NO4. The van der Waals surface area contributed by atoms with Crippen LogP contribution in [0.15, 0.2) is 24.4 Å². The van der Waals surface area contributed by atoms with Crippen molar-refractivity contribution in [2.24, 2.45) is 0 Å². The average Bonchev–Trinajstić information content (AvgIpc) is 2.94. The van der Waals surface area contributed by atoms with Crippen molar-refractivity contribution >= 4 is 37.1 Å². The molecule has 3 rings (SSSR count). The molecule has 0 saturated carbocycles. The largest absolute Gasteiger partial charge is 0.497 e. The van der Waals surface area contributed by atoms with Gasteiger partial charge < -0.3 is 23.3 Å². The Labute approximate surface area is 137 Å². The van der Waals surface area contributed by atoms with Crippen LogP contribution >= 0.6 is 0 Å². The molecular weight excluding hydrogens is 292 g/mol. The van der Waals surface area contributed by atoms with Crippen LogP contribution in [0, 0.1) is 0 Å². The highest BCUT2D eigenvalue weighted by Gasteiger charge is 2.52. The second-order valence-electron chi connectivity index (χ2n) is 6.75. The Hall–Kier alpha value is -1.72. The van der Waals surface area contributed by atoms with Gasteiger partial charge in [-0.1, -0.05) is 0 Å². The van der Waals surface area contributed by atoms with Gasteiger partial charge in [0.25, 0.3) is 0 Å². The minimum absolute atomic E-state index is 0.410. The number of hydrogen-bond donors (Lipinski definition) is 0. The molecule has 1 aliphatic heterocycles. The molecule has 1 saturated heterocycles. The summed E-state index contributed by atoms with van der Waals surface area (Å²) < 4.78 is 19.3. The van der Waals surface area contributed by atoms with Crippen LogP contribution in [-0.4, -0.2) is 43.5 Å². The van der Waals surface area contributed by atoms with E-state index in [4.69, 9.17) is 14.0 Å². The van der Waals surface area contributed by atoms with Gasteiger partial charge in [-0.25, -0.2) is 0 Å². The molecule has 7 heteroatoms. The van der Waals surface area contributed by atoms with Gasteiger partial charge in [0.2, 0.25) is 0 Å². The van der Waals surface area contributed by atoms with E-state index >= 15 is 0 Å². The molecule has 2 heterocycles. The van der Waals surface area contributed by atoms with Crippen LogP contribution in [0.5, 0.6) is 5.75 Å². The first-order valence-electron chi connectivity index (χ1n) is 7.62. The predicted octanol–water partition coefficient (Wildman–Crippen LogP) is 1.61. The van der Waals surface area contributed by atoms with E-state index in [2.05, 4.69) is 0 Å². The number of carbonyl (C=O) groups excluding carboxylic acids is 1. The minimum Gasteiger partial charge on any atom is -0.497 e. The van der Waals surface area contributed by atoms with Gasteiger partial charge in [-0.15, -0.1) is 0 Å². The van der Waals surface area contributed by atoms with Crippen LogP contribution in [-0.2, 0) is 14.1 Å². The maximum Gasteiger partial charge on any atom is 0.496 e. The van der Waals surface area contributed by atoms with E-state index in [1.165, 1.54) is 7.41 Å². The van der Waals surface area contributed by atoms with Crippen molar-refractivity contribution in [3.05, 3.63) is 24.4 Å². The van der Waals surface area contributed by atoms with Crippen LogP contribution in [0.2, 0.25) is 0 Å². The Kier molecular flexibility index (Phi) is 3.81. The van der Waals surface area contributed by atoms with Crippen LogP contribution in [0.4, 0.5) is 0 Å². The zero-order valence-electron chi connectivity index (χ0n) is 14.1. The maximum absolute atomic E-state index is 10.9. The number of carbonyl (C=O) groups is 1. The Morgan fingerprint density at radius 1 is 1.22 bits per heavy atom. The second-order valence-corrected chi connectivity index (χ2v) is 6.75. The molecule has 1 radical (unpaired) electrons. The molecule has 1 aromatic carbocycles. The fraction of sp³-hybridized carbons (Fsp3) is 0.438. The molecule has 0 unspecified atom stereocenters. The van der Waals surface area contributed by atoms with Crippen molar-refractivity contribution < 1.29 is 18.8 Å². The lowest BCUT2D eigenvalue weighted by Crippen LogP contribution is -2.41. The van der Waals surface area contributed by atoms with Gasteiger partial charge in [0.15, 0.2) is 0 Å². The molecule has 2 aromatic rings. The number of nitrogens with zero attached hydrogens (tertiary/aromatic N) is 1. The molecule has 1 aromatic heterocycles. The van der Waals surface area contributed by atoms with Crippen molar-refractivity contribution in [1.82, 2.24) is 4.48 Å². The normalized spacial score (nSPS) is 19.1. The van der Waals surface area contributed by atoms with Gasteiger partial charge in [-0.3, -0.25) is 0 Å². The van der Waals surface area contributed by atoms with Crippen molar-refractivity contribution in [3.8, 4) is 5.75 Å². The predicted molar refractivity (Wildman–Crippen MR) is 92.1 cm³/mol. The fourth-order valence-electron chi connectivity index (χ4n) is 2.73. The molecule has 1 fully saturated rings. The highest BCUT2D eigenvalue weighted by Crippen LogP contribution is 2.37. The summed E-state index contributed by atoms with van der Waals surface area (Å²) in [5.74, 6) is 0.733. The molecule has 0 aliphatic carbocycles. The Balaban J connectivity index is 2.10. The van der Waals surface area contributed by atoms with Crippen molar-refractivity contribution in [1.29, 1.82) is 0 Å². The Morgan fingerprint density at radius 3 is 2.43 bits per heavy atom. The van der Waals surface area contributed by atoms with Gasteiger partial charge in [0, 0.05) is 17.0 Å². The van der Waals surface area contributed by atoms with Crippen LogP contribution in [0.1, 0.15) is 27.7 Å². The summed E-state index contributed by atoms with van der Waals surface area (Å²) in [4.78, 5) is 10.9. The van der Waals surface area contributed by atoms with Crippen LogP contribution < -0.4 is 10.2 Å². The average molecular weight is 312 g/mol. The topological polar surface area (TPSA) is 49.7 Å². The van der Waals surface area contributed by atoms with E-state index in [9.17, 15) is 4.79 Å². The van der Waals surface area contributed by atoms with E-state index in [1.807, 2.05) is 52.1 Å². The third kappa shape index (κ3) is 2.58. The molecule has 0 bridgehead atoms. The van der Waals surface area contributed by atoms with Gasteiger partial charge in [0.1, 0.15) is 11.9 Å². The van der Waals surface area contributed by atoms with Gasteiger partial charge in [-0.2, -0.15) is 0 Å². The summed E-state index contributed by atoms with van der Waals surface area (Å²) in [5.41, 5.74) is 0.959. The summed E-state index contributed by atoms with van der Waals surface area (Å²) in [6.07, 6.45) is 2.63. The molecule has 23 heavy (non-hydrogen) atoms. The standard InChI is InChI=1S/C16H20B2NO4/c1-15(2)16(3,4)23-18(22-15)13-9-19(17-10-20)14-8-11(21-5)6-7-12(13)14/h6-10H,1-5H3. The van der Waals surface area contributed by atoms with Crippen LogP contribution in [0.3, 0.4) is 0 Å². The lowest BCUT2D eigenvalue weighted by molar-refractivity contribution is 0.00578. The fourth-order valence-corrected chi connectivity index (χ4v) is 2.73. The minimum atomic E-state index is -0.475. The number of hydrogen-bond acceptors (Lipinski definition) is 4. The number of fused-ring (bicyclic) bond motifs is 1. The maximum atomic E-state index is 10.9. The first kappa shape index (κ1) is 16.1. The Bertz CT molecular complexity index is 738. The number of rotatable bonds is 4. The van der Waals surface area contributed by atoms with Crippen molar-refractivity contribution in [2.75, 3.05) is 7.11 Å².